The summed E-state index contributed by atoms with van der Waals surface area (Å²) in [5.74, 6) is 1.96. The third-order valence-corrected chi connectivity index (χ3v) is 11.7. The average Bonchev–Trinajstić information content (AvgIpc) is 3.80. The Labute approximate surface area is 315 Å². The Morgan fingerprint density at radius 2 is 1.02 bits per heavy atom. The highest BCUT2D eigenvalue weighted by molar-refractivity contribution is 7.26. The monoisotopic (exact) mass is 706 g/mol. The SMILES string of the molecule is c1ccc(-c2nc(-c3cccc(-c4cccc(-n5c6ccccc6c6ccc7ccccc7c65)c4)c3)nc(-c3cccc4c3sc3ccccc34)n2)cc1. The van der Waals surface area contributed by atoms with Crippen LogP contribution in [-0.2, 0) is 0 Å². The van der Waals surface area contributed by atoms with Gasteiger partial charge in [-0.05, 0) is 52.9 Å². The number of benzene rings is 8. The standard InChI is InChI=1S/C49H30N4S/c1-2-14-32(15-3-1)47-50-48(52-49(51-47)42-24-12-23-41-39-22-7-9-26-44(39)54-46(41)42)35-18-10-16-33(29-35)34-17-11-19-36(30-34)53-43-25-8-6-21-38(43)40-28-27-31-13-4-5-20-37(31)45(40)53/h1-30H. The van der Waals surface area contributed by atoms with Gasteiger partial charge < -0.3 is 4.57 Å². The lowest BCUT2D eigenvalue weighted by Gasteiger charge is -2.13. The lowest BCUT2D eigenvalue weighted by Crippen LogP contribution is -2.00. The van der Waals surface area contributed by atoms with Crippen molar-refractivity contribution in [2.75, 3.05) is 0 Å². The summed E-state index contributed by atoms with van der Waals surface area (Å²) in [5.41, 5.74) is 8.64. The fourth-order valence-corrected chi connectivity index (χ4v) is 9.14. The summed E-state index contributed by atoms with van der Waals surface area (Å²) in [7, 11) is 0. The Bertz CT molecular complexity index is 3230. The number of thiophene rings is 1. The molecule has 8 aromatic carbocycles. The molecule has 0 atom stereocenters. The van der Waals surface area contributed by atoms with Gasteiger partial charge in [-0.2, -0.15) is 0 Å². The van der Waals surface area contributed by atoms with E-state index in [0.29, 0.717) is 17.5 Å². The molecule has 4 nitrogen and oxygen atoms in total. The Hall–Kier alpha value is -6.95. The van der Waals surface area contributed by atoms with Crippen LogP contribution < -0.4 is 0 Å². The minimum atomic E-state index is 0.642. The molecule has 0 N–H and O–H groups in total. The van der Waals surface area contributed by atoms with Gasteiger partial charge in [0.15, 0.2) is 17.5 Å². The zero-order valence-corrected chi connectivity index (χ0v) is 29.8. The van der Waals surface area contributed by atoms with E-state index in [1.807, 2.05) is 18.2 Å². The predicted molar refractivity (Wildman–Crippen MR) is 226 cm³/mol. The summed E-state index contributed by atoms with van der Waals surface area (Å²) in [6, 6.07) is 64.5. The molecule has 0 fully saturated rings. The van der Waals surface area contributed by atoms with Gasteiger partial charge in [0.05, 0.1) is 11.0 Å². The maximum absolute atomic E-state index is 5.19. The summed E-state index contributed by atoms with van der Waals surface area (Å²) in [6.07, 6.45) is 0. The highest BCUT2D eigenvalue weighted by atomic mass is 32.1. The lowest BCUT2D eigenvalue weighted by atomic mass is 10.0. The molecule has 0 unspecified atom stereocenters. The molecule has 11 rings (SSSR count). The van der Waals surface area contributed by atoms with Crippen molar-refractivity contribution >= 4 is 64.1 Å². The molecule has 252 valence electrons. The molecule has 0 spiro atoms. The molecule has 5 heteroatoms. The average molecular weight is 707 g/mol. The van der Waals surface area contributed by atoms with Crippen LogP contribution in [0.5, 0.6) is 0 Å². The van der Waals surface area contributed by atoms with Gasteiger partial charge in [-0.15, -0.1) is 11.3 Å². The second kappa shape index (κ2) is 12.3. The van der Waals surface area contributed by atoms with Crippen LogP contribution in [0.1, 0.15) is 0 Å². The Balaban J connectivity index is 1.07. The third kappa shape index (κ3) is 4.94. The number of hydrogen-bond acceptors (Lipinski definition) is 4. The van der Waals surface area contributed by atoms with Crippen molar-refractivity contribution in [3.63, 3.8) is 0 Å². The van der Waals surface area contributed by atoms with Gasteiger partial charge in [0.2, 0.25) is 0 Å². The third-order valence-electron chi connectivity index (χ3n) is 10.4. The number of nitrogens with zero attached hydrogens (tertiary/aromatic N) is 4. The second-order valence-electron chi connectivity index (χ2n) is 13.6. The molecular formula is C49H30N4S. The van der Waals surface area contributed by atoms with Gasteiger partial charge in [0.25, 0.3) is 0 Å². The molecule has 3 aromatic heterocycles. The molecule has 0 amide bonds. The van der Waals surface area contributed by atoms with E-state index in [-0.39, 0.29) is 0 Å². The van der Waals surface area contributed by atoms with Crippen molar-refractivity contribution in [1.82, 2.24) is 19.5 Å². The first kappa shape index (κ1) is 30.7. The van der Waals surface area contributed by atoms with Crippen molar-refractivity contribution in [3.05, 3.63) is 182 Å². The van der Waals surface area contributed by atoms with E-state index in [0.717, 1.165) is 33.5 Å². The van der Waals surface area contributed by atoms with Crippen LogP contribution >= 0.6 is 11.3 Å². The van der Waals surface area contributed by atoms with E-state index in [9.17, 15) is 0 Å². The summed E-state index contributed by atoms with van der Waals surface area (Å²) >= 11 is 1.79. The van der Waals surface area contributed by atoms with Gasteiger partial charge in [-0.1, -0.05) is 146 Å². The fourth-order valence-electron chi connectivity index (χ4n) is 7.93. The number of aromatic nitrogens is 4. The highest BCUT2D eigenvalue weighted by Gasteiger charge is 2.18. The van der Waals surface area contributed by atoms with E-state index in [2.05, 4.69) is 168 Å². The lowest BCUT2D eigenvalue weighted by molar-refractivity contribution is 1.08. The van der Waals surface area contributed by atoms with Crippen molar-refractivity contribution in [2.45, 2.75) is 0 Å². The van der Waals surface area contributed by atoms with E-state index < -0.39 is 0 Å². The van der Waals surface area contributed by atoms with Crippen LogP contribution in [0.15, 0.2) is 182 Å². The molecule has 54 heavy (non-hydrogen) atoms. The Morgan fingerprint density at radius 1 is 0.389 bits per heavy atom. The van der Waals surface area contributed by atoms with Crippen LogP contribution in [0.4, 0.5) is 0 Å². The zero-order valence-electron chi connectivity index (χ0n) is 29.0. The van der Waals surface area contributed by atoms with Crippen molar-refractivity contribution in [1.29, 1.82) is 0 Å². The first-order chi connectivity index (χ1) is 26.8. The topological polar surface area (TPSA) is 43.6 Å². The van der Waals surface area contributed by atoms with Crippen LogP contribution in [-0.4, -0.2) is 19.5 Å². The zero-order chi connectivity index (χ0) is 35.6. The quantitative estimate of drug-likeness (QED) is 0.179. The Morgan fingerprint density at radius 3 is 1.91 bits per heavy atom. The van der Waals surface area contributed by atoms with Gasteiger partial charge in [0.1, 0.15) is 0 Å². The van der Waals surface area contributed by atoms with Crippen LogP contribution in [0.3, 0.4) is 0 Å². The van der Waals surface area contributed by atoms with Gasteiger partial charge >= 0.3 is 0 Å². The number of rotatable bonds is 5. The molecular weight excluding hydrogens is 677 g/mol. The molecule has 0 aliphatic rings. The van der Waals surface area contributed by atoms with Crippen molar-refractivity contribution in [3.8, 4) is 51.0 Å². The van der Waals surface area contributed by atoms with Gasteiger partial charge in [-0.25, -0.2) is 15.0 Å². The summed E-state index contributed by atoms with van der Waals surface area (Å²) in [6.45, 7) is 0. The minimum Gasteiger partial charge on any atom is -0.309 e. The number of para-hydroxylation sites is 1. The smallest absolute Gasteiger partial charge is 0.165 e. The van der Waals surface area contributed by atoms with Gasteiger partial charge in [-0.3, -0.25) is 0 Å². The van der Waals surface area contributed by atoms with Crippen molar-refractivity contribution in [2.24, 2.45) is 0 Å². The van der Waals surface area contributed by atoms with E-state index in [1.54, 1.807) is 11.3 Å². The Kier molecular flexibility index (Phi) is 7.00. The predicted octanol–water partition coefficient (Wildman–Crippen LogP) is 13.2. The summed E-state index contributed by atoms with van der Waals surface area (Å²) in [4.78, 5) is 15.4. The summed E-state index contributed by atoms with van der Waals surface area (Å²) < 4.78 is 4.85. The highest BCUT2D eigenvalue weighted by Crippen LogP contribution is 2.40. The molecule has 0 bridgehead atoms. The largest absolute Gasteiger partial charge is 0.309 e. The molecule has 0 radical (unpaired) electrons. The molecule has 0 saturated carbocycles. The van der Waals surface area contributed by atoms with Gasteiger partial charge in [0, 0.05) is 58.7 Å². The fraction of sp³-hybridized carbons (Fsp3) is 0. The molecule has 0 saturated heterocycles. The molecule has 11 aromatic rings. The molecule has 3 heterocycles. The maximum Gasteiger partial charge on any atom is 0.165 e. The van der Waals surface area contributed by atoms with Crippen molar-refractivity contribution < 1.29 is 0 Å². The second-order valence-corrected chi connectivity index (χ2v) is 14.7. The maximum atomic E-state index is 5.19. The summed E-state index contributed by atoms with van der Waals surface area (Å²) in [5, 5.41) is 7.44. The first-order valence-corrected chi connectivity index (χ1v) is 18.9. The van der Waals surface area contributed by atoms with E-state index in [4.69, 9.17) is 15.0 Å². The number of fused-ring (bicyclic) bond motifs is 8. The van der Waals surface area contributed by atoms with Crippen LogP contribution in [0, 0.1) is 0 Å². The van der Waals surface area contributed by atoms with E-state index >= 15 is 0 Å². The molecule has 0 aliphatic heterocycles. The first-order valence-electron chi connectivity index (χ1n) is 18.1. The molecule has 0 aliphatic carbocycles. The van der Waals surface area contributed by atoms with Crippen LogP contribution in [0.2, 0.25) is 0 Å². The normalized spacial score (nSPS) is 11.7. The van der Waals surface area contributed by atoms with Crippen LogP contribution in [0.25, 0.3) is 104 Å². The number of hydrogen-bond donors (Lipinski definition) is 0. The van der Waals surface area contributed by atoms with E-state index in [1.165, 1.54) is 52.8 Å². The minimum absolute atomic E-state index is 0.642.